The summed E-state index contributed by atoms with van der Waals surface area (Å²) in [6.07, 6.45) is 5.75. The predicted octanol–water partition coefficient (Wildman–Crippen LogP) is 3.70. The van der Waals surface area contributed by atoms with Gasteiger partial charge in [-0.3, -0.25) is 4.98 Å². The zero-order valence-corrected chi connectivity index (χ0v) is 14.1. The normalized spacial score (nSPS) is 21.3. The summed E-state index contributed by atoms with van der Waals surface area (Å²) >= 11 is 0. The highest BCUT2D eigenvalue weighted by Gasteiger charge is 2.26. The topological polar surface area (TPSA) is 75.0 Å². The van der Waals surface area contributed by atoms with Crippen LogP contribution >= 0.6 is 0 Å². The first-order valence-electron chi connectivity index (χ1n) is 8.18. The number of nitrogens with zero attached hydrogens (tertiary/aromatic N) is 2. The fourth-order valence-corrected chi connectivity index (χ4v) is 2.88. The minimum atomic E-state index is -0.462. The standard InChI is InChI=1S/C18H25N3O2/c1-18(2,3)23-17(22)21-15-7-5-14(6-8-15)16-9-4-13(10-11-19)12-20-16/h4,9,12,14-15H,5-8,10H2,1-3H3,(H,21,22). The Balaban J connectivity index is 1.81. The Morgan fingerprint density at radius 2 is 2.04 bits per heavy atom. The van der Waals surface area contributed by atoms with Crippen molar-refractivity contribution in [1.29, 1.82) is 5.26 Å². The summed E-state index contributed by atoms with van der Waals surface area (Å²) in [4.78, 5) is 16.3. The molecule has 1 fully saturated rings. The summed E-state index contributed by atoms with van der Waals surface area (Å²) in [5, 5.41) is 11.6. The second-order valence-corrected chi connectivity index (χ2v) is 7.12. The third kappa shape index (κ3) is 5.55. The number of carbonyl (C=O) groups is 1. The Bertz CT molecular complexity index is 561. The average Bonchev–Trinajstić information content (AvgIpc) is 2.47. The van der Waals surface area contributed by atoms with Crippen LogP contribution in [0.4, 0.5) is 4.79 Å². The van der Waals surface area contributed by atoms with Crippen molar-refractivity contribution in [3.63, 3.8) is 0 Å². The van der Waals surface area contributed by atoms with E-state index in [-0.39, 0.29) is 12.1 Å². The van der Waals surface area contributed by atoms with Crippen LogP contribution < -0.4 is 5.32 Å². The van der Waals surface area contributed by atoms with E-state index in [0.717, 1.165) is 36.9 Å². The Morgan fingerprint density at radius 1 is 1.35 bits per heavy atom. The van der Waals surface area contributed by atoms with E-state index < -0.39 is 5.60 Å². The molecule has 1 aliphatic rings. The lowest BCUT2D eigenvalue weighted by molar-refractivity contribution is 0.0491. The van der Waals surface area contributed by atoms with Crippen LogP contribution in [0.2, 0.25) is 0 Å². The number of carbonyl (C=O) groups excluding carboxylic acids is 1. The number of ether oxygens (including phenoxy) is 1. The van der Waals surface area contributed by atoms with E-state index in [1.165, 1.54) is 0 Å². The van der Waals surface area contributed by atoms with Gasteiger partial charge >= 0.3 is 6.09 Å². The van der Waals surface area contributed by atoms with Gasteiger partial charge in [-0.05, 0) is 58.1 Å². The molecule has 1 aliphatic carbocycles. The number of nitriles is 1. The zero-order chi connectivity index (χ0) is 16.9. The molecule has 0 aromatic carbocycles. The number of alkyl carbamates (subject to hydrolysis) is 1. The molecule has 1 aromatic rings. The second-order valence-electron chi connectivity index (χ2n) is 7.12. The monoisotopic (exact) mass is 315 g/mol. The van der Waals surface area contributed by atoms with Crippen LogP contribution in [0.5, 0.6) is 0 Å². The number of hydrogen-bond donors (Lipinski definition) is 1. The average molecular weight is 315 g/mol. The van der Waals surface area contributed by atoms with Crippen LogP contribution in [0.3, 0.4) is 0 Å². The number of nitrogens with one attached hydrogen (secondary N) is 1. The van der Waals surface area contributed by atoms with Gasteiger partial charge in [-0.25, -0.2) is 4.79 Å². The van der Waals surface area contributed by atoms with Crippen LogP contribution in [0.1, 0.15) is 63.6 Å². The molecule has 0 radical (unpaired) electrons. The zero-order valence-electron chi connectivity index (χ0n) is 14.1. The summed E-state index contributed by atoms with van der Waals surface area (Å²) in [5.74, 6) is 0.433. The van der Waals surface area contributed by atoms with Crippen molar-refractivity contribution in [3.8, 4) is 6.07 Å². The Kier molecular flexibility index (Phi) is 5.59. The third-order valence-corrected chi connectivity index (χ3v) is 4.00. The maximum atomic E-state index is 11.8. The first-order chi connectivity index (χ1) is 10.9. The fraction of sp³-hybridized carbons (Fsp3) is 0.611. The van der Waals surface area contributed by atoms with Crippen molar-refractivity contribution >= 4 is 6.09 Å². The van der Waals surface area contributed by atoms with E-state index in [0.29, 0.717) is 12.3 Å². The molecule has 23 heavy (non-hydrogen) atoms. The van der Waals surface area contributed by atoms with Gasteiger partial charge in [0.05, 0.1) is 12.5 Å². The van der Waals surface area contributed by atoms with E-state index >= 15 is 0 Å². The minimum Gasteiger partial charge on any atom is -0.444 e. The lowest BCUT2D eigenvalue weighted by Crippen LogP contribution is -2.40. The molecule has 5 nitrogen and oxygen atoms in total. The molecule has 1 saturated carbocycles. The van der Waals surface area contributed by atoms with E-state index in [1.807, 2.05) is 32.9 Å². The van der Waals surface area contributed by atoms with Gasteiger partial charge in [0.1, 0.15) is 5.60 Å². The summed E-state index contributed by atoms with van der Waals surface area (Å²) in [7, 11) is 0. The fourth-order valence-electron chi connectivity index (χ4n) is 2.88. The number of amides is 1. The van der Waals surface area contributed by atoms with Crippen LogP contribution in [0.25, 0.3) is 0 Å². The molecule has 1 aromatic heterocycles. The van der Waals surface area contributed by atoms with Crippen LogP contribution in [-0.4, -0.2) is 22.7 Å². The summed E-state index contributed by atoms with van der Waals surface area (Å²) < 4.78 is 5.30. The Labute approximate surface area is 138 Å². The molecule has 5 heteroatoms. The molecule has 1 heterocycles. The number of hydrogen-bond acceptors (Lipinski definition) is 4. The molecule has 1 N–H and O–H groups in total. The number of pyridine rings is 1. The lowest BCUT2D eigenvalue weighted by Gasteiger charge is -2.29. The van der Waals surface area contributed by atoms with Crippen molar-refractivity contribution in [3.05, 3.63) is 29.6 Å². The van der Waals surface area contributed by atoms with Crippen molar-refractivity contribution < 1.29 is 9.53 Å². The van der Waals surface area contributed by atoms with Crippen LogP contribution in [0.15, 0.2) is 18.3 Å². The Morgan fingerprint density at radius 3 is 2.57 bits per heavy atom. The molecule has 2 rings (SSSR count). The van der Waals surface area contributed by atoms with Crippen molar-refractivity contribution in [2.24, 2.45) is 0 Å². The maximum Gasteiger partial charge on any atom is 0.407 e. The molecule has 0 atom stereocenters. The maximum absolute atomic E-state index is 11.8. The molecule has 0 unspecified atom stereocenters. The van der Waals surface area contributed by atoms with E-state index in [1.54, 1.807) is 6.20 Å². The van der Waals surface area contributed by atoms with Gasteiger partial charge in [0, 0.05) is 23.9 Å². The summed E-state index contributed by atoms with van der Waals surface area (Å²) in [6.45, 7) is 5.60. The molecule has 0 bridgehead atoms. The lowest BCUT2D eigenvalue weighted by atomic mass is 9.84. The smallest absolute Gasteiger partial charge is 0.407 e. The Hall–Kier alpha value is -2.09. The van der Waals surface area contributed by atoms with Crippen molar-refractivity contribution in [2.75, 3.05) is 0 Å². The van der Waals surface area contributed by atoms with Crippen molar-refractivity contribution in [1.82, 2.24) is 10.3 Å². The van der Waals surface area contributed by atoms with Gasteiger partial charge in [-0.15, -0.1) is 0 Å². The summed E-state index contributed by atoms with van der Waals surface area (Å²) in [6, 6.07) is 6.32. The molecule has 124 valence electrons. The number of rotatable bonds is 3. The highest BCUT2D eigenvalue weighted by Crippen LogP contribution is 2.32. The molecule has 0 saturated heterocycles. The van der Waals surface area contributed by atoms with Gasteiger partial charge in [-0.1, -0.05) is 6.07 Å². The van der Waals surface area contributed by atoms with E-state index in [9.17, 15) is 4.79 Å². The predicted molar refractivity (Wildman–Crippen MR) is 87.9 cm³/mol. The molecular weight excluding hydrogens is 290 g/mol. The molecule has 1 amide bonds. The highest BCUT2D eigenvalue weighted by atomic mass is 16.6. The molecule has 0 aliphatic heterocycles. The van der Waals surface area contributed by atoms with Crippen molar-refractivity contribution in [2.45, 2.75) is 70.4 Å². The highest BCUT2D eigenvalue weighted by molar-refractivity contribution is 5.68. The van der Waals surface area contributed by atoms with Gasteiger partial charge in [0.2, 0.25) is 0 Å². The summed E-state index contributed by atoms with van der Waals surface area (Å²) in [5.41, 5.74) is 1.58. The van der Waals surface area contributed by atoms with E-state index in [2.05, 4.69) is 16.4 Å². The molecular formula is C18H25N3O2. The van der Waals surface area contributed by atoms with Gasteiger partial charge < -0.3 is 10.1 Å². The largest absolute Gasteiger partial charge is 0.444 e. The van der Waals surface area contributed by atoms with Gasteiger partial charge in [0.25, 0.3) is 0 Å². The second kappa shape index (κ2) is 7.45. The van der Waals surface area contributed by atoms with Crippen LogP contribution in [-0.2, 0) is 11.2 Å². The van der Waals surface area contributed by atoms with E-state index in [4.69, 9.17) is 10.00 Å². The minimum absolute atomic E-state index is 0.180. The van der Waals surface area contributed by atoms with Gasteiger partial charge in [-0.2, -0.15) is 5.26 Å². The van der Waals surface area contributed by atoms with Gasteiger partial charge in [0.15, 0.2) is 0 Å². The third-order valence-electron chi connectivity index (χ3n) is 4.00. The quantitative estimate of drug-likeness (QED) is 0.923. The SMILES string of the molecule is CC(C)(C)OC(=O)NC1CCC(c2ccc(CC#N)cn2)CC1. The van der Waals surface area contributed by atoms with Crippen LogP contribution in [0, 0.1) is 11.3 Å². The molecule has 0 spiro atoms. The number of aromatic nitrogens is 1. The first-order valence-corrected chi connectivity index (χ1v) is 8.18. The first kappa shape index (κ1) is 17.3.